The molecule has 7 heteroatoms. The van der Waals surface area contributed by atoms with Crippen molar-refractivity contribution in [2.24, 2.45) is 11.7 Å². The zero-order chi connectivity index (χ0) is 11.3. The molecule has 0 bridgehead atoms. The molecular formula is C8H11N5OS. The van der Waals surface area contributed by atoms with Crippen molar-refractivity contribution in [3.8, 4) is 0 Å². The van der Waals surface area contributed by atoms with E-state index in [9.17, 15) is 4.79 Å². The van der Waals surface area contributed by atoms with Crippen molar-refractivity contribution in [3.63, 3.8) is 0 Å². The van der Waals surface area contributed by atoms with Crippen LogP contribution in [0.3, 0.4) is 0 Å². The van der Waals surface area contributed by atoms with Crippen LogP contribution in [0.15, 0.2) is 12.4 Å². The van der Waals surface area contributed by atoms with Crippen LogP contribution >= 0.6 is 12.2 Å². The first-order valence-electron chi connectivity index (χ1n) is 4.39. The maximum Gasteiger partial charge on any atom is 0.249 e. The van der Waals surface area contributed by atoms with E-state index in [1.54, 1.807) is 0 Å². The van der Waals surface area contributed by atoms with Gasteiger partial charge < -0.3 is 5.73 Å². The van der Waals surface area contributed by atoms with E-state index in [4.69, 9.17) is 18.0 Å². The third-order valence-electron chi connectivity index (χ3n) is 1.79. The minimum atomic E-state index is -0.496. The smallest absolute Gasteiger partial charge is 0.249 e. The van der Waals surface area contributed by atoms with E-state index in [-0.39, 0.29) is 16.8 Å². The molecule has 1 unspecified atom stereocenters. The number of nitrogens with one attached hydrogen (secondary N) is 1. The SMILES string of the molecule is CCC(C(=O)Nc1nccnn1)C(N)=S. The molecule has 80 valence electrons. The second-order valence-corrected chi connectivity index (χ2v) is 3.29. The molecule has 1 rings (SSSR count). The van der Waals surface area contributed by atoms with Crippen molar-refractivity contribution < 1.29 is 4.79 Å². The van der Waals surface area contributed by atoms with Crippen LogP contribution in [0.2, 0.25) is 0 Å². The number of amides is 1. The summed E-state index contributed by atoms with van der Waals surface area (Å²) in [6, 6.07) is 0. The summed E-state index contributed by atoms with van der Waals surface area (Å²) in [5, 5.41) is 9.68. The summed E-state index contributed by atoms with van der Waals surface area (Å²) in [6.45, 7) is 1.83. The normalized spacial score (nSPS) is 11.8. The van der Waals surface area contributed by atoms with Gasteiger partial charge in [0.25, 0.3) is 0 Å². The van der Waals surface area contributed by atoms with Gasteiger partial charge in [0.15, 0.2) is 0 Å². The monoisotopic (exact) mass is 225 g/mol. The van der Waals surface area contributed by atoms with E-state index >= 15 is 0 Å². The van der Waals surface area contributed by atoms with Crippen molar-refractivity contribution in [2.45, 2.75) is 13.3 Å². The first kappa shape index (κ1) is 11.4. The summed E-state index contributed by atoms with van der Waals surface area (Å²) in [5.41, 5.74) is 5.42. The van der Waals surface area contributed by atoms with Gasteiger partial charge in [-0.1, -0.05) is 19.1 Å². The Kier molecular flexibility index (Phi) is 4.04. The fourth-order valence-corrected chi connectivity index (χ4v) is 1.29. The van der Waals surface area contributed by atoms with Gasteiger partial charge in [-0.3, -0.25) is 10.1 Å². The Morgan fingerprint density at radius 2 is 2.40 bits per heavy atom. The fourth-order valence-electron chi connectivity index (χ4n) is 1.02. The molecule has 1 aromatic rings. The van der Waals surface area contributed by atoms with Crippen LogP contribution < -0.4 is 11.1 Å². The van der Waals surface area contributed by atoms with Crippen LogP contribution in [0.25, 0.3) is 0 Å². The lowest BCUT2D eigenvalue weighted by molar-refractivity contribution is -0.118. The second kappa shape index (κ2) is 5.30. The average molecular weight is 225 g/mol. The van der Waals surface area contributed by atoms with Crippen molar-refractivity contribution in [1.29, 1.82) is 0 Å². The largest absolute Gasteiger partial charge is 0.393 e. The molecular weight excluding hydrogens is 214 g/mol. The highest BCUT2D eigenvalue weighted by atomic mass is 32.1. The molecule has 0 spiro atoms. The molecule has 0 aliphatic carbocycles. The highest BCUT2D eigenvalue weighted by Crippen LogP contribution is 2.06. The lowest BCUT2D eigenvalue weighted by Gasteiger charge is -2.11. The molecule has 6 nitrogen and oxygen atoms in total. The zero-order valence-electron chi connectivity index (χ0n) is 8.17. The van der Waals surface area contributed by atoms with Crippen LogP contribution in [-0.2, 0) is 4.79 Å². The van der Waals surface area contributed by atoms with Crippen molar-refractivity contribution >= 4 is 29.1 Å². The Morgan fingerprint density at radius 3 is 2.87 bits per heavy atom. The summed E-state index contributed by atoms with van der Waals surface area (Å²) in [5.74, 6) is -0.654. The van der Waals surface area contributed by atoms with Crippen molar-refractivity contribution in [2.75, 3.05) is 5.32 Å². The highest BCUT2D eigenvalue weighted by Gasteiger charge is 2.19. The van der Waals surface area contributed by atoms with Gasteiger partial charge in [0.2, 0.25) is 11.9 Å². The number of hydrogen-bond acceptors (Lipinski definition) is 5. The zero-order valence-corrected chi connectivity index (χ0v) is 8.99. The fraction of sp³-hybridized carbons (Fsp3) is 0.375. The number of hydrogen-bond donors (Lipinski definition) is 2. The number of nitrogens with two attached hydrogens (primary N) is 1. The van der Waals surface area contributed by atoms with Crippen LogP contribution in [-0.4, -0.2) is 26.1 Å². The van der Waals surface area contributed by atoms with Gasteiger partial charge in [-0.15, -0.1) is 5.10 Å². The first-order chi connectivity index (χ1) is 7.15. The van der Waals surface area contributed by atoms with Crippen molar-refractivity contribution in [1.82, 2.24) is 15.2 Å². The molecule has 1 amide bonds. The molecule has 1 aromatic heterocycles. The predicted octanol–water partition coefficient (Wildman–Crippen LogP) is 0.122. The topological polar surface area (TPSA) is 93.8 Å². The maximum absolute atomic E-state index is 11.6. The Morgan fingerprint density at radius 1 is 1.67 bits per heavy atom. The van der Waals surface area contributed by atoms with E-state index in [0.29, 0.717) is 6.42 Å². The molecule has 0 aliphatic heterocycles. The predicted molar refractivity (Wildman–Crippen MR) is 59.0 cm³/mol. The quantitative estimate of drug-likeness (QED) is 0.707. The molecule has 15 heavy (non-hydrogen) atoms. The number of carbonyl (C=O) groups excluding carboxylic acids is 1. The van der Waals surface area contributed by atoms with Gasteiger partial charge in [0.05, 0.1) is 23.3 Å². The van der Waals surface area contributed by atoms with Crippen LogP contribution in [0.4, 0.5) is 5.95 Å². The minimum Gasteiger partial charge on any atom is -0.393 e. The van der Waals surface area contributed by atoms with Crippen LogP contribution in [0.5, 0.6) is 0 Å². The van der Waals surface area contributed by atoms with E-state index in [1.165, 1.54) is 12.4 Å². The third kappa shape index (κ3) is 3.21. The molecule has 1 atom stereocenters. The third-order valence-corrected chi connectivity index (χ3v) is 2.07. The Balaban J connectivity index is 2.66. The average Bonchev–Trinajstić information content (AvgIpc) is 2.19. The number of anilines is 1. The highest BCUT2D eigenvalue weighted by molar-refractivity contribution is 7.80. The number of carbonyl (C=O) groups is 1. The number of aromatic nitrogens is 3. The maximum atomic E-state index is 11.6. The van der Waals surface area contributed by atoms with Gasteiger partial charge in [-0.2, -0.15) is 5.10 Å². The number of nitrogens with zero attached hydrogens (tertiary/aromatic N) is 3. The summed E-state index contributed by atoms with van der Waals surface area (Å²) in [4.78, 5) is 15.6. The Bertz CT molecular complexity index is 355. The molecule has 3 N–H and O–H groups in total. The lowest BCUT2D eigenvalue weighted by Crippen LogP contribution is -2.33. The van der Waals surface area contributed by atoms with Crippen molar-refractivity contribution in [3.05, 3.63) is 12.4 Å². The van der Waals surface area contributed by atoms with E-state index in [0.717, 1.165) is 0 Å². The summed E-state index contributed by atoms with van der Waals surface area (Å²) < 4.78 is 0. The van der Waals surface area contributed by atoms with Gasteiger partial charge >= 0.3 is 0 Å². The molecule has 0 aliphatic rings. The Labute approximate surface area is 92.3 Å². The number of thiocarbonyl (C=S) groups is 1. The minimum absolute atomic E-state index is 0.150. The molecule has 0 fully saturated rings. The second-order valence-electron chi connectivity index (χ2n) is 2.82. The van der Waals surface area contributed by atoms with E-state index < -0.39 is 5.92 Å². The summed E-state index contributed by atoms with van der Waals surface area (Å²) in [6.07, 6.45) is 3.40. The van der Waals surface area contributed by atoms with Gasteiger partial charge in [-0.05, 0) is 6.42 Å². The van der Waals surface area contributed by atoms with Gasteiger partial charge in [0, 0.05) is 0 Å². The van der Waals surface area contributed by atoms with Gasteiger partial charge in [-0.25, -0.2) is 4.98 Å². The Hall–Kier alpha value is -1.63. The van der Waals surface area contributed by atoms with Gasteiger partial charge in [0.1, 0.15) is 0 Å². The summed E-state index contributed by atoms with van der Waals surface area (Å²) in [7, 11) is 0. The van der Waals surface area contributed by atoms with Crippen LogP contribution in [0, 0.1) is 5.92 Å². The molecule has 0 aromatic carbocycles. The van der Waals surface area contributed by atoms with Crippen LogP contribution in [0.1, 0.15) is 13.3 Å². The molecule has 0 saturated heterocycles. The summed E-state index contributed by atoms with van der Waals surface area (Å²) >= 11 is 4.77. The molecule has 0 saturated carbocycles. The first-order valence-corrected chi connectivity index (χ1v) is 4.79. The molecule has 1 heterocycles. The molecule has 0 radical (unpaired) electrons. The lowest BCUT2D eigenvalue weighted by atomic mass is 10.1. The van der Waals surface area contributed by atoms with E-state index in [2.05, 4.69) is 20.5 Å². The number of rotatable bonds is 4. The van der Waals surface area contributed by atoms with E-state index in [1.807, 2.05) is 6.92 Å². The standard InChI is InChI=1S/C8H11N5OS/c1-2-5(6(9)15)7(14)12-8-10-3-4-11-13-8/h3-5H,2H2,1H3,(H2,9,15)(H,10,12,13,14).